The molecule has 1 N–H and O–H groups in total. The molecule has 84 valence electrons. The molecule has 0 aromatic carbocycles. The number of hydrogen-bond donors (Lipinski definition) is 1. The highest BCUT2D eigenvalue weighted by Crippen LogP contribution is 2.36. The van der Waals surface area contributed by atoms with Crippen LogP contribution in [-0.4, -0.2) is 16.1 Å². The molecule has 0 unspecified atom stereocenters. The Hall–Kier alpha value is -1.11. The number of thiazole rings is 1. The van der Waals surface area contributed by atoms with E-state index in [4.69, 9.17) is 5.11 Å². The second-order valence-corrected chi connectivity index (χ2v) is 4.49. The summed E-state index contributed by atoms with van der Waals surface area (Å²) in [5, 5.41) is 7.78. The van der Waals surface area contributed by atoms with Crippen molar-refractivity contribution >= 4 is 17.3 Å². The van der Waals surface area contributed by atoms with Crippen LogP contribution in [0.4, 0.5) is 13.2 Å². The Kier molecular flexibility index (Phi) is 2.77. The highest BCUT2D eigenvalue weighted by Gasteiger charge is 2.38. The molecular formula is C8H8F3NO2S. The lowest BCUT2D eigenvalue weighted by molar-refractivity contribution is -0.142. The van der Waals surface area contributed by atoms with Gasteiger partial charge in [0.05, 0.1) is 5.41 Å². The third kappa shape index (κ3) is 2.28. The molecule has 0 aliphatic carbocycles. The van der Waals surface area contributed by atoms with Gasteiger partial charge < -0.3 is 5.11 Å². The monoisotopic (exact) mass is 239 g/mol. The standard InChI is InChI=1S/C8H8F3NO2S/c1-7(2,6(13)14)4-3-12-5(15-4)8(9,10)11/h3H,1-2H3,(H,13,14). The molecule has 0 aliphatic heterocycles. The number of carboxylic acids is 1. The first-order chi connectivity index (χ1) is 6.65. The molecule has 15 heavy (non-hydrogen) atoms. The molecule has 0 aliphatic rings. The smallest absolute Gasteiger partial charge is 0.443 e. The largest absolute Gasteiger partial charge is 0.481 e. The number of carbonyl (C=O) groups is 1. The third-order valence-corrected chi connectivity index (χ3v) is 3.26. The van der Waals surface area contributed by atoms with Gasteiger partial charge in [0.25, 0.3) is 0 Å². The fraction of sp³-hybridized carbons (Fsp3) is 0.500. The van der Waals surface area contributed by atoms with Crippen molar-refractivity contribution in [3.63, 3.8) is 0 Å². The number of alkyl halides is 3. The summed E-state index contributed by atoms with van der Waals surface area (Å²) in [5.74, 6) is -1.18. The Balaban J connectivity index is 3.10. The van der Waals surface area contributed by atoms with E-state index in [9.17, 15) is 18.0 Å². The van der Waals surface area contributed by atoms with Crippen LogP contribution in [0.5, 0.6) is 0 Å². The van der Waals surface area contributed by atoms with E-state index in [1.165, 1.54) is 13.8 Å². The van der Waals surface area contributed by atoms with Crippen molar-refractivity contribution in [3.05, 3.63) is 16.1 Å². The zero-order valence-electron chi connectivity index (χ0n) is 7.92. The van der Waals surface area contributed by atoms with Gasteiger partial charge in [0, 0.05) is 11.1 Å². The SMILES string of the molecule is CC(C)(C(=O)O)c1cnc(C(F)(F)F)s1. The summed E-state index contributed by atoms with van der Waals surface area (Å²) < 4.78 is 36.6. The average Bonchev–Trinajstić information content (AvgIpc) is 2.50. The molecule has 0 fully saturated rings. The molecular weight excluding hydrogens is 231 g/mol. The zero-order valence-corrected chi connectivity index (χ0v) is 8.74. The minimum atomic E-state index is -4.52. The van der Waals surface area contributed by atoms with E-state index in [-0.39, 0.29) is 4.88 Å². The summed E-state index contributed by atoms with van der Waals surface area (Å²) in [6.45, 7) is 2.67. The molecule has 1 aromatic heterocycles. The predicted molar refractivity (Wildman–Crippen MR) is 47.8 cm³/mol. The summed E-state index contributed by atoms with van der Waals surface area (Å²) in [4.78, 5) is 14.0. The molecule has 0 bridgehead atoms. The molecule has 0 saturated heterocycles. The van der Waals surface area contributed by atoms with Gasteiger partial charge in [0.1, 0.15) is 0 Å². The van der Waals surface area contributed by atoms with E-state index < -0.39 is 22.6 Å². The molecule has 1 rings (SSSR count). The van der Waals surface area contributed by atoms with Crippen molar-refractivity contribution < 1.29 is 23.1 Å². The second-order valence-electron chi connectivity index (χ2n) is 3.46. The number of rotatable bonds is 2. The second kappa shape index (κ2) is 3.48. The number of halogens is 3. The van der Waals surface area contributed by atoms with Gasteiger partial charge in [-0.1, -0.05) is 0 Å². The van der Waals surface area contributed by atoms with Gasteiger partial charge in [-0.2, -0.15) is 13.2 Å². The molecule has 0 radical (unpaired) electrons. The van der Waals surface area contributed by atoms with Crippen LogP contribution in [0, 0.1) is 0 Å². The number of aromatic nitrogens is 1. The summed E-state index contributed by atoms with van der Waals surface area (Å²) in [6, 6.07) is 0. The first kappa shape index (κ1) is 12.0. The van der Waals surface area contributed by atoms with Crippen LogP contribution < -0.4 is 0 Å². The van der Waals surface area contributed by atoms with Crippen molar-refractivity contribution in [3.8, 4) is 0 Å². The lowest BCUT2D eigenvalue weighted by Gasteiger charge is -2.15. The average molecular weight is 239 g/mol. The highest BCUT2D eigenvalue weighted by atomic mass is 32.1. The highest BCUT2D eigenvalue weighted by molar-refractivity contribution is 7.12. The zero-order chi connectivity index (χ0) is 11.9. The Morgan fingerprint density at radius 2 is 2.00 bits per heavy atom. The van der Waals surface area contributed by atoms with E-state index in [2.05, 4.69) is 4.98 Å². The molecule has 0 saturated carbocycles. The van der Waals surface area contributed by atoms with Gasteiger partial charge in [-0.05, 0) is 13.8 Å². The molecule has 1 heterocycles. The molecule has 3 nitrogen and oxygen atoms in total. The summed E-state index contributed by atoms with van der Waals surface area (Å²) in [6.07, 6.45) is -3.56. The van der Waals surface area contributed by atoms with E-state index in [0.717, 1.165) is 6.20 Å². The quantitative estimate of drug-likeness (QED) is 0.862. The van der Waals surface area contributed by atoms with Gasteiger partial charge >= 0.3 is 12.1 Å². The topological polar surface area (TPSA) is 50.2 Å². The summed E-state index contributed by atoms with van der Waals surface area (Å²) in [5.41, 5.74) is -1.35. The maximum Gasteiger partial charge on any atom is 0.443 e. The fourth-order valence-corrected chi connectivity index (χ4v) is 1.68. The maximum absolute atomic E-state index is 12.2. The predicted octanol–water partition coefficient (Wildman–Crippen LogP) is 2.52. The lowest BCUT2D eigenvalue weighted by atomic mass is 9.93. The van der Waals surface area contributed by atoms with E-state index in [0.29, 0.717) is 11.3 Å². The van der Waals surface area contributed by atoms with Gasteiger partial charge in [-0.3, -0.25) is 4.79 Å². The maximum atomic E-state index is 12.2. The third-order valence-electron chi connectivity index (χ3n) is 1.90. The number of aliphatic carboxylic acids is 1. The lowest BCUT2D eigenvalue weighted by Crippen LogP contribution is -2.27. The van der Waals surface area contributed by atoms with Crippen molar-refractivity contribution in [1.29, 1.82) is 0 Å². The van der Waals surface area contributed by atoms with Gasteiger partial charge in [-0.15, -0.1) is 11.3 Å². The van der Waals surface area contributed by atoms with Crippen molar-refractivity contribution in [2.45, 2.75) is 25.4 Å². The Bertz CT molecular complexity index is 383. The van der Waals surface area contributed by atoms with Crippen LogP contribution in [0.3, 0.4) is 0 Å². The van der Waals surface area contributed by atoms with Crippen molar-refractivity contribution in [2.24, 2.45) is 0 Å². The normalized spacial score (nSPS) is 12.9. The van der Waals surface area contributed by atoms with E-state index in [1.807, 2.05) is 0 Å². The Labute approximate surface area is 87.6 Å². The molecule has 7 heteroatoms. The fourth-order valence-electron chi connectivity index (χ4n) is 0.800. The van der Waals surface area contributed by atoms with E-state index >= 15 is 0 Å². The molecule has 0 atom stereocenters. The Morgan fingerprint density at radius 3 is 2.33 bits per heavy atom. The number of hydrogen-bond acceptors (Lipinski definition) is 3. The van der Waals surface area contributed by atoms with Gasteiger partial charge in [0.15, 0.2) is 5.01 Å². The Morgan fingerprint density at radius 1 is 1.47 bits per heavy atom. The number of nitrogens with zero attached hydrogens (tertiary/aromatic N) is 1. The van der Waals surface area contributed by atoms with Crippen LogP contribution in [0.25, 0.3) is 0 Å². The minimum Gasteiger partial charge on any atom is -0.481 e. The van der Waals surface area contributed by atoms with Crippen molar-refractivity contribution in [2.75, 3.05) is 0 Å². The minimum absolute atomic E-state index is 0.0855. The number of carboxylic acid groups (broad SMARTS) is 1. The van der Waals surface area contributed by atoms with Gasteiger partial charge in [0.2, 0.25) is 0 Å². The van der Waals surface area contributed by atoms with Crippen LogP contribution in [0.15, 0.2) is 6.20 Å². The van der Waals surface area contributed by atoms with Crippen LogP contribution >= 0.6 is 11.3 Å². The molecule has 0 amide bonds. The summed E-state index contributed by atoms with van der Waals surface area (Å²) in [7, 11) is 0. The van der Waals surface area contributed by atoms with Crippen LogP contribution in [-0.2, 0) is 16.4 Å². The van der Waals surface area contributed by atoms with Crippen molar-refractivity contribution in [1.82, 2.24) is 4.98 Å². The molecule has 0 spiro atoms. The van der Waals surface area contributed by atoms with Crippen LogP contribution in [0.1, 0.15) is 23.7 Å². The first-order valence-corrected chi connectivity index (χ1v) is 4.74. The van der Waals surface area contributed by atoms with E-state index in [1.54, 1.807) is 0 Å². The molecule has 1 aromatic rings. The first-order valence-electron chi connectivity index (χ1n) is 3.92. The van der Waals surface area contributed by atoms with Crippen LogP contribution in [0.2, 0.25) is 0 Å². The summed E-state index contributed by atoms with van der Waals surface area (Å²) >= 11 is 0.358. The van der Waals surface area contributed by atoms with Gasteiger partial charge in [-0.25, -0.2) is 4.98 Å².